The molecule has 0 radical (unpaired) electrons. The smallest absolute Gasteiger partial charge is 0.196 e. The number of aliphatic hydroxyl groups is 1. The van der Waals surface area contributed by atoms with Crippen LogP contribution in [0.4, 0.5) is 0 Å². The van der Waals surface area contributed by atoms with Gasteiger partial charge in [-0.3, -0.25) is 0 Å². The zero-order valence-corrected chi connectivity index (χ0v) is 13.7. The van der Waals surface area contributed by atoms with Crippen molar-refractivity contribution in [2.24, 2.45) is 0 Å². The minimum absolute atomic E-state index is 0.199. The van der Waals surface area contributed by atoms with E-state index in [0.717, 1.165) is 23.1 Å². The van der Waals surface area contributed by atoms with Gasteiger partial charge in [0.15, 0.2) is 6.29 Å². The first kappa shape index (κ1) is 18.5. The molecule has 0 bridgehead atoms. The highest BCUT2D eigenvalue weighted by Crippen LogP contribution is 2.14. The minimum Gasteiger partial charge on any atom is -0.516 e. The molecule has 1 N–H and O–H groups in total. The molecule has 2 rings (SSSR count). The van der Waals surface area contributed by atoms with Crippen LogP contribution in [0.1, 0.15) is 25.0 Å². The Bertz CT molecular complexity index is 574. The Balaban J connectivity index is 0.000000253. The summed E-state index contributed by atoms with van der Waals surface area (Å²) in [5, 5.41) is 8.34. The summed E-state index contributed by atoms with van der Waals surface area (Å²) in [4.78, 5) is 0. The fourth-order valence-corrected chi connectivity index (χ4v) is 1.79. The van der Waals surface area contributed by atoms with Gasteiger partial charge in [0.1, 0.15) is 5.75 Å². The van der Waals surface area contributed by atoms with Gasteiger partial charge in [-0.2, -0.15) is 0 Å². The maximum atomic E-state index is 8.34. The molecular weight excluding hydrogens is 288 g/mol. The molecule has 1 unspecified atom stereocenters. The summed E-state index contributed by atoms with van der Waals surface area (Å²) < 4.78 is 10.8. The minimum atomic E-state index is -0.199. The van der Waals surface area contributed by atoms with Gasteiger partial charge < -0.3 is 14.6 Å². The van der Waals surface area contributed by atoms with Gasteiger partial charge in [-0.1, -0.05) is 55.1 Å². The maximum absolute atomic E-state index is 8.34. The van der Waals surface area contributed by atoms with Gasteiger partial charge in [0.25, 0.3) is 0 Å². The van der Waals surface area contributed by atoms with E-state index in [4.69, 9.17) is 14.6 Å². The fraction of sp³-hybridized carbons (Fsp3) is 0.200. The van der Waals surface area contributed by atoms with Crippen LogP contribution in [0.25, 0.3) is 12.2 Å². The molecule has 0 spiro atoms. The third kappa shape index (κ3) is 7.88. The van der Waals surface area contributed by atoms with Gasteiger partial charge in [0.05, 0.1) is 6.26 Å². The summed E-state index contributed by atoms with van der Waals surface area (Å²) in [7, 11) is 0. The predicted octanol–water partition coefficient (Wildman–Crippen LogP) is 5.31. The molecule has 2 aromatic rings. The Kier molecular flexibility index (Phi) is 8.94. The number of aliphatic hydroxyl groups excluding tert-OH is 1. The quantitative estimate of drug-likeness (QED) is 0.580. The van der Waals surface area contributed by atoms with Crippen LogP contribution in [-0.2, 0) is 4.74 Å². The first-order valence-electron chi connectivity index (χ1n) is 7.56. The van der Waals surface area contributed by atoms with E-state index in [2.05, 4.69) is 6.58 Å². The van der Waals surface area contributed by atoms with E-state index < -0.39 is 0 Å². The van der Waals surface area contributed by atoms with Crippen LogP contribution in [-0.4, -0.2) is 18.0 Å². The Hall–Kier alpha value is -2.52. The average molecular weight is 312 g/mol. The van der Waals surface area contributed by atoms with Crippen molar-refractivity contribution < 1.29 is 14.6 Å². The van der Waals surface area contributed by atoms with Crippen LogP contribution in [0.5, 0.6) is 5.75 Å². The third-order valence-corrected chi connectivity index (χ3v) is 2.89. The van der Waals surface area contributed by atoms with E-state index in [1.807, 2.05) is 68.4 Å². The van der Waals surface area contributed by atoms with Crippen molar-refractivity contribution in [3.63, 3.8) is 0 Å². The highest BCUT2D eigenvalue weighted by molar-refractivity contribution is 5.48. The van der Waals surface area contributed by atoms with Crippen molar-refractivity contribution in [1.29, 1.82) is 0 Å². The number of rotatable bonds is 6. The SMILES string of the molecule is C=Cc1ccc(OC(C)OCC)cc1.OC=Cc1ccccc1. The largest absolute Gasteiger partial charge is 0.516 e. The molecule has 0 aliphatic rings. The maximum Gasteiger partial charge on any atom is 0.196 e. The van der Waals surface area contributed by atoms with Crippen LogP contribution in [0, 0.1) is 0 Å². The number of hydrogen-bond donors (Lipinski definition) is 1. The molecule has 0 amide bonds. The van der Waals surface area contributed by atoms with Crippen LogP contribution in [0.3, 0.4) is 0 Å². The molecule has 23 heavy (non-hydrogen) atoms. The molecule has 0 heterocycles. The zero-order valence-electron chi connectivity index (χ0n) is 13.7. The lowest BCUT2D eigenvalue weighted by Crippen LogP contribution is -2.15. The van der Waals surface area contributed by atoms with E-state index in [9.17, 15) is 0 Å². The summed E-state index contributed by atoms with van der Waals surface area (Å²) in [5.41, 5.74) is 2.10. The Labute approximate surface area is 138 Å². The molecule has 122 valence electrons. The summed E-state index contributed by atoms with van der Waals surface area (Å²) in [6.07, 6.45) is 4.28. The van der Waals surface area contributed by atoms with Crippen molar-refractivity contribution in [2.75, 3.05) is 6.61 Å². The Morgan fingerprint density at radius 2 is 1.70 bits per heavy atom. The Morgan fingerprint density at radius 3 is 2.22 bits per heavy atom. The zero-order chi connectivity index (χ0) is 16.9. The van der Waals surface area contributed by atoms with Gasteiger partial charge in [-0.05, 0) is 43.2 Å². The molecule has 1 atom stereocenters. The Morgan fingerprint density at radius 1 is 1.04 bits per heavy atom. The van der Waals surface area contributed by atoms with Crippen LogP contribution >= 0.6 is 0 Å². The second-order valence-corrected chi connectivity index (χ2v) is 4.64. The summed E-state index contributed by atoms with van der Waals surface area (Å²) in [6.45, 7) is 8.17. The van der Waals surface area contributed by atoms with E-state index in [-0.39, 0.29) is 6.29 Å². The highest BCUT2D eigenvalue weighted by Gasteiger charge is 2.01. The van der Waals surface area contributed by atoms with Gasteiger partial charge in [0.2, 0.25) is 0 Å². The van der Waals surface area contributed by atoms with E-state index >= 15 is 0 Å². The van der Waals surface area contributed by atoms with Crippen molar-refractivity contribution in [3.8, 4) is 5.75 Å². The van der Waals surface area contributed by atoms with Crippen molar-refractivity contribution in [3.05, 3.63) is 78.6 Å². The van der Waals surface area contributed by atoms with Crippen LogP contribution < -0.4 is 4.74 Å². The first-order chi connectivity index (χ1) is 11.2. The molecule has 0 fully saturated rings. The van der Waals surface area contributed by atoms with Crippen molar-refractivity contribution >= 4 is 12.2 Å². The second-order valence-electron chi connectivity index (χ2n) is 4.64. The van der Waals surface area contributed by atoms with Gasteiger partial charge in [-0.15, -0.1) is 0 Å². The fourth-order valence-electron chi connectivity index (χ4n) is 1.79. The van der Waals surface area contributed by atoms with Crippen molar-refractivity contribution in [2.45, 2.75) is 20.1 Å². The molecule has 3 nitrogen and oxygen atoms in total. The van der Waals surface area contributed by atoms with Crippen LogP contribution in [0.2, 0.25) is 0 Å². The summed E-state index contributed by atoms with van der Waals surface area (Å²) in [6, 6.07) is 17.4. The molecule has 2 aromatic carbocycles. The normalized spacial score (nSPS) is 11.4. The van der Waals surface area contributed by atoms with Crippen molar-refractivity contribution in [1.82, 2.24) is 0 Å². The highest BCUT2D eigenvalue weighted by atomic mass is 16.7. The monoisotopic (exact) mass is 312 g/mol. The average Bonchev–Trinajstić information content (AvgIpc) is 2.58. The van der Waals surface area contributed by atoms with Gasteiger partial charge in [-0.25, -0.2) is 0 Å². The van der Waals surface area contributed by atoms with Gasteiger partial charge >= 0.3 is 0 Å². The lowest BCUT2D eigenvalue weighted by molar-refractivity contribution is -0.0613. The molecule has 0 saturated heterocycles. The number of ether oxygens (including phenoxy) is 2. The third-order valence-electron chi connectivity index (χ3n) is 2.89. The van der Waals surface area contributed by atoms with Gasteiger partial charge in [0, 0.05) is 6.61 Å². The lowest BCUT2D eigenvalue weighted by Gasteiger charge is -2.14. The first-order valence-corrected chi connectivity index (χ1v) is 7.56. The van der Waals surface area contributed by atoms with E-state index in [1.54, 1.807) is 12.2 Å². The van der Waals surface area contributed by atoms with E-state index in [1.165, 1.54) is 0 Å². The standard InChI is InChI=1S/C12H16O2.C8H8O/c1-4-11-6-8-12(9-7-11)14-10(3)13-5-2;9-7-6-8-4-2-1-3-5-8/h4,6-10H,1,5H2,2-3H3;1-7,9H. The topological polar surface area (TPSA) is 38.7 Å². The second kappa shape index (κ2) is 11.1. The molecule has 0 aromatic heterocycles. The van der Waals surface area contributed by atoms with E-state index in [0.29, 0.717) is 6.61 Å². The molecular formula is C20H24O3. The molecule has 0 aliphatic carbocycles. The van der Waals surface area contributed by atoms with Crippen LogP contribution in [0.15, 0.2) is 67.4 Å². The molecule has 0 aliphatic heterocycles. The molecule has 0 saturated carbocycles. The summed E-state index contributed by atoms with van der Waals surface area (Å²) >= 11 is 0. The molecule has 3 heteroatoms. The lowest BCUT2D eigenvalue weighted by atomic mass is 10.2. The number of hydrogen-bond acceptors (Lipinski definition) is 3. The number of benzene rings is 2. The summed E-state index contributed by atoms with van der Waals surface area (Å²) in [5.74, 6) is 0.816. The predicted molar refractivity (Wildman–Crippen MR) is 96.4 cm³/mol.